The van der Waals surface area contributed by atoms with Crippen LogP contribution in [0.15, 0.2) is 65.7 Å². The summed E-state index contributed by atoms with van der Waals surface area (Å²) < 4.78 is 37.0. The molecule has 3 fully saturated rings. The maximum absolute atomic E-state index is 13.8. The lowest BCUT2D eigenvalue weighted by molar-refractivity contribution is -0.192. The van der Waals surface area contributed by atoms with Crippen molar-refractivity contribution < 1.29 is 42.2 Å². The lowest BCUT2D eigenvalue weighted by Crippen LogP contribution is -2.60. The summed E-state index contributed by atoms with van der Waals surface area (Å²) in [5, 5.41) is 7.12. The number of likely N-dealkylation sites (tertiary alicyclic amines) is 1. The van der Waals surface area contributed by atoms with E-state index in [9.17, 15) is 27.6 Å². The van der Waals surface area contributed by atoms with Gasteiger partial charge in [0.05, 0.1) is 38.1 Å². The Kier molecular flexibility index (Phi) is 8.60. The van der Waals surface area contributed by atoms with Crippen LogP contribution in [0.3, 0.4) is 0 Å². The molecule has 2 aromatic rings. The number of carboxylic acids is 1. The first-order valence-electron chi connectivity index (χ1n) is 13.2. The molecular formula is C29H31F3N4O6. The number of hydrogen-bond acceptors (Lipinski definition) is 6. The van der Waals surface area contributed by atoms with Gasteiger partial charge < -0.3 is 19.6 Å². The predicted molar refractivity (Wildman–Crippen MR) is 144 cm³/mol. The quantitative estimate of drug-likeness (QED) is 0.404. The number of fused-ring (bicyclic) bond motifs is 3. The number of rotatable bonds is 6. The average Bonchev–Trinajstić information content (AvgIpc) is 3.53. The minimum atomic E-state index is -5.08. The molecule has 0 aliphatic carbocycles. The average molecular weight is 589 g/mol. The van der Waals surface area contributed by atoms with Crippen LogP contribution < -0.4 is 0 Å². The molecule has 13 heteroatoms. The van der Waals surface area contributed by atoms with Crippen molar-refractivity contribution in [2.75, 3.05) is 20.7 Å². The predicted octanol–water partition coefficient (Wildman–Crippen LogP) is 2.93. The fourth-order valence-corrected chi connectivity index (χ4v) is 6.12. The number of carbonyl (C=O) groups excluding carboxylic acids is 3. The van der Waals surface area contributed by atoms with Crippen molar-refractivity contribution in [2.45, 2.75) is 44.2 Å². The second-order valence-electron chi connectivity index (χ2n) is 10.2. The molecular weight excluding hydrogens is 557 g/mol. The van der Waals surface area contributed by atoms with Gasteiger partial charge in [0.1, 0.15) is 0 Å². The van der Waals surface area contributed by atoms with Crippen LogP contribution in [0.5, 0.6) is 0 Å². The summed E-state index contributed by atoms with van der Waals surface area (Å²) in [6, 6.07) is 19.0. The highest BCUT2D eigenvalue weighted by molar-refractivity contribution is 6.11. The van der Waals surface area contributed by atoms with Crippen LogP contribution in [0.2, 0.25) is 0 Å². The van der Waals surface area contributed by atoms with Crippen LogP contribution >= 0.6 is 0 Å². The first-order valence-corrected chi connectivity index (χ1v) is 13.2. The van der Waals surface area contributed by atoms with E-state index in [0.717, 1.165) is 11.1 Å². The van der Waals surface area contributed by atoms with Gasteiger partial charge in [0.15, 0.2) is 11.5 Å². The number of aliphatic carboxylic acids is 1. The second kappa shape index (κ2) is 11.8. The summed E-state index contributed by atoms with van der Waals surface area (Å²) in [4.78, 5) is 60.0. The van der Waals surface area contributed by atoms with E-state index in [0.29, 0.717) is 25.5 Å². The Labute approximate surface area is 240 Å². The van der Waals surface area contributed by atoms with Crippen molar-refractivity contribution in [1.29, 1.82) is 0 Å². The molecule has 3 saturated heterocycles. The van der Waals surface area contributed by atoms with Gasteiger partial charge in [-0.05, 0) is 17.5 Å². The van der Waals surface area contributed by atoms with Gasteiger partial charge in [-0.3, -0.25) is 14.5 Å². The highest BCUT2D eigenvalue weighted by atomic mass is 19.4. The van der Waals surface area contributed by atoms with E-state index in [4.69, 9.17) is 19.6 Å². The summed E-state index contributed by atoms with van der Waals surface area (Å²) in [5.41, 5.74) is 0.625. The van der Waals surface area contributed by atoms with E-state index in [1.165, 1.54) is 12.0 Å². The molecule has 0 unspecified atom stereocenters. The highest BCUT2D eigenvalue weighted by Crippen LogP contribution is 2.53. The third-order valence-electron chi connectivity index (χ3n) is 7.90. The number of imide groups is 1. The normalized spacial score (nSPS) is 25.7. The molecule has 4 atom stereocenters. The van der Waals surface area contributed by atoms with Gasteiger partial charge in [0.25, 0.3) is 0 Å². The molecule has 224 valence electrons. The van der Waals surface area contributed by atoms with Crippen molar-refractivity contribution in [3.05, 3.63) is 71.8 Å². The standard InChI is InChI=1S/C27H30N4O4.C2HF3O2/c1-4-27(25(34)35-3)22-21(23(32)30(24(22)33)16-19-13-9-6-10-14-19)20-17-29(2)26(31(20)27)28-15-18-11-7-5-8-12-18;3-2(4,5)1(6)7/h5-14,20-22H,4,15-17H2,1-3H3;(H,6,7)/t20-,21+,22-,27-;/m1./s1. The van der Waals surface area contributed by atoms with E-state index in [1.807, 2.05) is 84.4 Å². The summed E-state index contributed by atoms with van der Waals surface area (Å²) in [6.45, 7) is 3.01. The topological polar surface area (TPSA) is 120 Å². The SMILES string of the molecule is CC[C@]1(C(=O)OC)[C@H]2C(=O)N(Cc3ccccc3)C(=O)[C@H]2[C@H]2CN(C)C(=NCc3ccccc3)N21.O=C(O)C(F)(F)F. The summed E-state index contributed by atoms with van der Waals surface area (Å²) >= 11 is 0. The van der Waals surface area contributed by atoms with Crippen LogP contribution in [0, 0.1) is 11.8 Å². The van der Waals surface area contributed by atoms with E-state index in [1.54, 1.807) is 0 Å². The van der Waals surface area contributed by atoms with Crippen molar-refractivity contribution >= 4 is 29.7 Å². The molecule has 2 amide bonds. The van der Waals surface area contributed by atoms with Crippen LogP contribution in [-0.2, 0) is 37.0 Å². The van der Waals surface area contributed by atoms with Gasteiger partial charge in [-0.2, -0.15) is 13.2 Å². The fraction of sp³-hybridized carbons (Fsp3) is 0.414. The number of hydrogen-bond donors (Lipinski definition) is 1. The molecule has 3 aliphatic rings. The van der Waals surface area contributed by atoms with Gasteiger partial charge in [0.2, 0.25) is 11.8 Å². The Morgan fingerprint density at radius 1 is 1.02 bits per heavy atom. The Balaban J connectivity index is 0.000000517. The summed E-state index contributed by atoms with van der Waals surface area (Å²) in [5.74, 6) is -4.61. The minimum absolute atomic E-state index is 0.198. The highest BCUT2D eigenvalue weighted by Gasteiger charge is 2.74. The van der Waals surface area contributed by atoms with Gasteiger partial charge in [-0.15, -0.1) is 0 Å². The largest absolute Gasteiger partial charge is 0.490 e. The van der Waals surface area contributed by atoms with Crippen molar-refractivity contribution in [3.63, 3.8) is 0 Å². The number of amides is 2. The maximum Gasteiger partial charge on any atom is 0.490 e. The number of halogens is 3. The molecule has 0 aromatic heterocycles. The molecule has 0 spiro atoms. The molecule has 0 radical (unpaired) electrons. The molecule has 42 heavy (non-hydrogen) atoms. The zero-order valence-corrected chi connectivity index (χ0v) is 23.2. The van der Waals surface area contributed by atoms with Crippen LogP contribution in [0.4, 0.5) is 13.2 Å². The van der Waals surface area contributed by atoms with E-state index < -0.39 is 35.5 Å². The number of benzene rings is 2. The third kappa shape index (κ3) is 5.30. The summed E-state index contributed by atoms with van der Waals surface area (Å²) in [6.07, 6.45) is -4.76. The van der Waals surface area contributed by atoms with Crippen LogP contribution in [-0.4, -0.2) is 88.0 Å². The monoisotopic (exact) mass is 588 g/mol. The number of carbonyl (C=O) groups is 4. The zero-order chi connectivity index (χ0) is 30.8. The van der Waals surface area contributed by atoms with E-state index >= 15 is 0 Å². The Morgan fingerprint density at radius 3 is 2.07 bits per heavy atom. The first-order chi connectivity index (χ1) is 19.9. The molecule has 2 aromatic carbocycles. The number of alkyl halides is 3. The summed E-state index contributed by atoms with van der Waals surface area (Å²) in [7, 11) is 3.25. The molecule has 5 rings (SSSR count). The van der Waals surface area contributed by atoms with E-state index in [-0.39, 0.29) is 24.4 Å². The van der Waals surface area contributed by atoms with Gasteiger partial charge >= 0.3 is 18.1 Å². The Bertz CT molecular complexity index is 1370. The second-order valence-corrected chi connectivity index (χ2v) is 10.2. The smallest absolute Gasteiger partial charge is 0.475 e. The minimum Gasteiger partial charge on any atom is -0.475 e. The molecule has 1 N–H and O–H groups in total. The zero-order valence-electron chi connectivity index (χ0n) is 23.2. The van der Waals surface area contributed by atoms with Gasteiger partial charge in [0, 0.05) is 13.6 Å². The molecule has 0 bridgehead atoms. The van der Waals surface area contributed by atoms with Gasteiger partial charge in [-0.25, -0.2) is 14.6 Å². The van der Waals surface area contributed by atoms with Gasteiger partial charge in [-0.1, -0.05) is 67.6 Å². The van der Waals surface area contributed by atoms with Crippen LogP contribution in [0.25, 0.3) is 0 Å². The third-order valence-corrected chi connectivity index (χ3v) is 7.90. The number of nitrogens with zero attached hydrogens (tertiary/aromatic N) is 4. The maximum atomic E-state index is 13.8. The number of ether oxygens (including phenoxy) is 1. The molecule has 3 heterocycles. The molecule has 10 nitrogen and oxygen atoms in total. The Morgan fingerprint density at radius 2 is 1.57 bits per heavy atom. The van der Waals surface area contributed by atoms with Crippen molar-refractivity contribution in [3.8, 4) is 0 Å². The van der Waals surface area contributed by atoms with Crippen molar-refractivity contribution in [2.24, 2.45) is 16.8 Å². The number of aliphatic imine (C=N–C) groups is 1. The van der Waals surface area contributed by atoms with E-state index in [2.05, 4.69) is 0 Å². The fourth-order valence-electron chi connectivity index (χ4n) is 6.12. The lowest BCUT2D eigenvalue weighted by atomic mass is 9.78. The molecule has 3 aliphatic heterocycles. The first kappa shape index (κ1) is 30.5. The van der Waals surface area contributed by atoms with Crippen LogP contribution in [0.1, 0.15) is 24.5 Å². The molecule has 0 saturated carbocycles. The number of carboxylic acid groups (broad SMARTS) is 1. The lowest BCUT2D eigenvalue weighted by Gasteiger charge is -2.39. The Hall–Kier alpha value is -4.42. The number of guanidine groups is 1. The number of likely N-dealkylation sites (N-methyl/N-ethyl adjacent to an activating group) is 1. The number of methoxy groups -OCH3 is 1. The van der Waals surface area contributed by atoms with Crippen molar-refractivity contribution in [1.82, 2.24) is 14.7 Å². The number of esters is 1.